The van der Waals surface area contributed by atoms with E-state index in [1.165, 1.54) is 17.4 Å². The van der Waals surface area contributed by atoms with Gasteiger partial charge in [-0.1, -0.05) is 27.7 Å². The number of esters is 2. The lowest BCUT2D eigenvalue weighted by atomic mass is 9.96. The Morgan fingerprint density at radius 2 is 1.60 bits per heavy atom. The molecule has 226 valence electrons. The summed E-state index contributed by atoms with van der Waals surface area (Å²) in [5.41, 5.74) is -1.52. The summed E-state index contributed by atoms with van der Waals surface area (Å²) in [7, 11) is 2.86. The Morgan fingerprint density at radius 1 is 1.02 bits per heavy atom. The van der Waals surface area contributed by atoms with Crippen LogP contribution in [0.4, 0.5) is 9.59 Å². The first-order chi connectivity index (χ1) is 18.3. The molecule has 11 nitrogen and oxygen atoms in total. The Bertz CT molecular complexity index is 1070. The van der Waals surface area contributed by atoms with Crippen molar-refractivity contribution < 1.29 is 38.1 Å². The lowest BCUT2D eigenvalue weighted by molar-refractivity contribution is -0.142. The Morgan fingerprint density at radius 3 is 2.08 bits per heavy atom. The number of nitrogens with zero attached hydrogens (tertiary/aromatic N) is 3. The Kier molecular flexibility index (Phi) is 12.7. The first-order valence-electron chi connectivity index (χ1n) is 13.3. The summed E-state index contributed by atoms with van der Waals surface area (Å²) < 4.78 is 21.5. The Balaban J connectivity index is 3.47. The normalized spacial score (nSPS) is 14.7. The summed E-state index contributed by atoms with van der Waals surface area (Å²) in [5, 5.41) is 1.84. The molecule has 0 N–H and O–H groups in total. The van der Waals surface area contributed by atoms with Crippen molar-refractivity contribution in [3.8, 4) is 0 Å². The molecule has 12 heteroatoms. The van der Waals surface area contributed by atoms with E-state index in [-0.39, 0.29) is 23.7 Å². The van der Waals surface area contributed by atoms with E-state index in [0.29, 0.717) is 11.4 Å². The summed E-state index contributed by atoms with van der Waals surface area (Å²) in [6, 6.07) is -0.437. The van der Waals surface area contributed by atoms with E-state index in [9.17, 15) is 19.2 Å². The van der Waals surface area contributed by atoms with Gasteiger partial charge in [-0.15, -0.1) is 11.3 Å². The number of ether oxygens (including phenoxy) is 4. The molecule has 0 aromatic carbocycles. The van der Waals surface area contributed by atoms with Crippen LogP contribution in [-0.2, 0) is 23.7 Å². The quantitative estimate of drug-likeness (QED) is 0.179. The van der Waals surface area contributed by atoms with Gasteiger partial charge in [0.15, 0.2) is 11.8 Å². The number of thiazole rings is 1. The number of rotatable bonds is 10. The highest BCUT2D eigenvalue weighted by Gasteiger charge is 2.34. The highest BCUT2D eigenvalue weighted by Crippen LogP contribution is 2.31. The fraction of sp³-hybridized carbons (Fsp3) is 0.714. The van der Waals surface area contributed by atoms with Crippen LogP contribution in [0.3, 0.4) is 0 Å². The number of aliphatic imine (C=N–C) groups is 1. The van der Waals surface area contributed by atoms with Crippen molar-refractivity contribution in [1.82, 2.24) is 9.88 Å². The van der Waals surface area contributed by atoms with Crippen LogP contribution in [0.25, 0.3) is 0 Å². The van der Waals surface area contributed by atoms with Crippen LogP contribution in [0.15, 0.2) is 10.4 Å². The number of aromatic nitrogens is 1. The average Bonchev–Trinajstić information content (AvgIpc) is 3.31. The zero-order chi connectivity index (χ0) is 31.0. The molecule has 0 radical (unpaired) electrons. The molecule has 40 heavy (non-hydrogen) atoms. The molecule has 1 heterocycles. The van der Waals surface area contributed by atoms with Gasteiger partial charge in [0.1, 0.15) is 21.9 Å². The van der Waals surface area contributed by atoms with Crippen molar-refractivity contribution in [2.45, 2.75) is 105 Å². The summed E-state index contributed by atoms with van der Waals surface area (Å²) in [6.45, 7) is 17.9. The molecule has 3 unspecified atom stereocenters. The minimum Gasteiger partial charge on any atom is -0.464 e. The summed E-state index contributed by atoms with van der Waals surface area (Å²) in [4.78, 5) is 60.7. The molecule has 0 aliphatic carbocycles. The fourth-order valence-corrected chi connectivity index (χ4v) is 4.35. The van der Waals surface area contributed by atoms with Crippen molar-refractivity contribution in [2.24, 2.45) is 16.8 Å². The van der Waals surface area contributed by atoms with E-state index in [1.807, 2.05) is 20.8 Å². The van der Waals surface area contributed by atoms with Crippen LogP contribution in [0, 0.1) is 11.8 Å². The topological polar surface area (TPSA) is 134 Å². The van der Waals surface area contributed by atoms with Crippen LogP contribution in [0.1, 0.15) is 104 Å². The van der Waals surface area contributed by atoms with Crippen LogP contribution in [0.5, 0.6) is 0 Å². The van der Waals surface area contributed by atoms with Gasteiger partial charge in [0, 0.05) is 30.8 Å². The van der Waals surface area contributed by atoms with Crippen LogP contribution in [-0.4, -0.2) is 71.1 Å². The maximum atomic E-state index is 13.5. The summed E-state index contributed by atoms with van der Waals surface area (Å²) in [6.07, 6.45) is -1.74. The molecule has 1 aromatic heterocycles. The number of carbonyl (C=O) groups excluding carboxylic acids is 4. The van der Waals surface area contributed by atoms with Crippen LogP contribution in [0.2, 0.25) is 0 Å². The predicted molar refractivity (Wildman–Crippen MR) is 153 cm³/mol. The van der Waals surface area contributed by atoms with Crippen molar-refractivity contribution in [2.75, 3.05) is 14.2 Å². The molecular weight excluding hydrogens is 538 g/mol. The van der Waals surface area contributed by atoms with Gasteiger partial charge >= 0.3 is 24.1 Å². The second-order valence-corrected chi connectivity index (χ2v) is 12.8. The molecule has 0 aliphatic heterocycles. The predicted octanol–water partition coefficient (Wildman–Crippen LogP) is 6.22. The van der Waals surface area contributed by atoms with Crippen molar-refractivity contribution >= 4 is 41.2 Å². The van der Waals surface area contributed by atoms with E-state index >= 15 is 0 Å². The number of hydrogen-bond donors (Lipinski definition) is 0. The molecule has 1 rings (SSSR count). The first-order valence-corrected chi connectivity index (χ1v) is 14.2. The molecule has 0 spiro atoms. The van der Waals surface area contributed by atoms with Gasteiger partial charge < -0.3 is 23.8 Å². The van der Waals surface area contributed by atoms with Gasteiger partial charge in [0.25, 0.3) is 0 Å². The third-order valence-electron chi connectivity index (χ3n) is 5.74. The van der Waals surface area contributed by atoms with Crippen molar-refractivity contribution in [1.29, 1.82) is 0 Å². The highest BCUT2D eigenvalue weighted by atomic mass is 32.1. The number of methoxy groups -OCH3 is 1. The summed E-state index contributed by atoms with van der Waals surface area (Å²) >= 11 is 1.12. The zero-order valence-electron chi connectivity index (χ0n) is 25.8. The smallest absolute Gasteiger partial charge is 0.434 e. The van der Waals surface area contributed by atoms with E-state index in [2.05, 4.69) is 9.98 Å². The Labute approximate surface area is 241 Å². The lowest BCUT2D eigenvalue weighted by Crippen LogP contribution is -2.44. The zero-order valence-corrected chi connectivity index (χ0v) is 26.6. The van der Waals surface area contributed by atoms with Crippen molar-refractivity contribution in [3.63, 3.8) is 0 Å². The average molecular weight is 584 g/mol. The maximum Gasteiger partial charge on any atom is 0.434 e. The minimum absolute atomic E-state index is 0.0646. The second-order valence-electron chi connectivity index (χ2n) is 11.9. The molecule has 0 saturated carbocycles. The minimum atomic E-state index is -0.971. The molecule has 0 bridgehead atoms. The third kappa shape index (κ3) is 11.2. The monoisotopic (exact) mass is 583 g/mol. The lowest BCUT2D eigenvalue weighted by Gasteiger charge is -2.34. The maximum absolute atomic E-state index is 13.5. The van der Waals surface area contributed by atoms with Gasteiger partial charge in [-0.25, -0.2) is 24.2 Å². The second kappa shape index (κ2) is 14.6. The molecule has 1 aromatic rings. The largest absolute Gasteiger partial charge is 0.464 e. The van der Waals surface area contributed by atoms with E-state index in [1.54, 1.807) is 55.5 Å². The molecule has 3 atom stereocenters. The highest BCUT2D eigenvalue weighted by molar-refractivity contribution is 7.09. The number of hydrogen-bond acceptors (Lipinski definition) is 10. The summed E-state index contributed by atoms with van der Waals surface area (Å²) in [5.74, 6) is -1.93. The van der Waals surface area contributed by atoms with Crippen LogP contribution >= 0.6 is 11.3 Å². The number of amides is 2. The molecule has 0 aliphatic rings. The van der Waals surface area contributed by atoms with Gasteiger partial charge in [-0.3, -0.25) is 0 Å². The van der Waals surface area contributed by atoms with E-state index in [0.717, 1.165) is 11.3 Å². The first kappa shape index (κ1) is 35.0. The van der Waals surface area contributed by atoms with Gasteiger partial charge in [0.2, 0.25) is 0 Å². The molecular formula is C28H45N3O8S. The van der Waals surface area contributed by atoms with Crippen LogP contribution < -0.4 is 0 Å². The van der Waals surface area contributed by atoms with Gasteiger partial charge in [-0.2, -0.15) is 4.99 Å². The molecule has 2 amide bonds. The SMILES string of the molecule is CCC(C)/C(=N\C(=O)OC(C)(C)C)C(=O)OC(CC(C(C)C)N(C)C(=O)OC(C)(C)C)c1nc(C(=O)OC)cs1. The third-order valence-corrected chi connectivity index (χ3v) is 6.68. The fourth-order valence-electron chi connectivity index (χ4n) is 3.52. The number of carbonyl (C=O) groups is 4. The van der Waals surface area contributed by atoms with Gasteiger partial charge in [0.05, 0.1) is 7.11 Å². The Hall–Kier alpha value is -3.02. The van der Waals surface area contributed by atoms with Gasteiger partial charge in [-0.05, 0) is 53.9 Å². The standard InChI is InChI=1S/C28H45N3O8S/c1-13-17(4)21(30-25(34)38-27(5,6)7)24(33)37-20(22-29-18(15-40-22)23(32)36-12)14-19(16(2)3)31(11)26(35)39-28(8,9)10/h15-17,19-20H,13-14H2,1-12H3/b30-21+. The van der Waals surface area contributed by atoms with Crippen molar-refractivity contribution in [3.05, 3.63) is 16.1 Å². The molecule has 0 saturated heterocycles. The molecule has 0 fully saturated rings. The van der Waals surface area contributed by atoms with E-state index < -0.39 is 53.4 Å². The van der Waals surface area contributed by atoms with E-state index in [4.69, 9.17) is 18.9 Å².